The molecule has 5 heteroatoms. The highest BCUT2D eigenvalue weighted by atomic mass is 16.5. The molecule has 0 saturated heterocycles. The number of alkyl carbamates (subject to hydrolysis) is 1. The number of nitrogens with one attached hydrogen (secondary N) is 1. The average molecular weight is 700 g/mol. The minimum Gasteiger partial charge on any atom is -0.493 e. The van der Waals surface area contributed by atoms with Crippen LogP contribution >= 0.6 is 0 Å². The highest BCUT2D eigenvalue weighted by Crippen LogP contribution is 2.44. The first-order valence-corrected chi connectivity index (χ1v) is 20.4. The Morgan fingerprint density at radius 1 is 0.588 bits per heavy atom. The van der Waals surface area contributed by atoms with Crippen LogP contribution in [-0.2, 0) is 15.1 Å². The summed E-state index contributed by atoms with van der Waals surface area (Å²) in [4.78, 5) is 12.0. The van der Waals surface area contributed by atoms with Crippen LogP contribution in [0.5, 0.6) is 5.75 Å². The molecular formula is C46H69NO4. The zero-order valence-electron chi connectivity index (χ0n) is 32.3. The Bertz CT molecular complexity index is 1240. The molecule has 1 N–H and O–H groups in total. The highest BCUT2D eigenvalue weighted by molar-refractivity contribution is 5.67. The molecule has 5 nitrogen and oxygen atoms in total. The van der Waals surface area contributed by atoms with E-state index in [0.717, 1.165) is 28.9 Å². The van der Waals surface area contributed by atoms with Crippen molar-refractivity contribution in [1.29, 1.82) is 0 Å². The van der Waals surface area contributed by atoms with Crippen LogP contribution in [0.15, 0.2) is 84.9 Å². The third-order valence-corrected chi connectivity index (χ3v) is 9.98. The summed E-state index contributed by atoms with van der Waals surface area (Å²) in [5, 5.41) is 2.85. The van der Waals surface area contributed by atoms with Crippen LogP contribution in [0, 0.1) is 0 Å². The number of ether oxygens (including phenoxy) is 3. The topological polar surface area (TPSA) is 56.8 Å². The monoisotopic (exact) mass is 700 g/mol. The van der Waals surface area contributed by atoms with E-state index in [2.05, 4.69) is 42.6 Å². The molecule has 0 aliphatic heterocycles. The number of carbonyl (C=O) groups excluding carboxylic acids is 1. The van der Waals surface area contributed by atoms with Gasteiger partial charge in [-0.1, -0.05) is 208 Å². The van der Waals surface area contributed by atoms with E-state index < -0.39 is 11.7 Å². The molecule has 3 aromatic rings. The van der Waals surface area contributed by atoms with Gasteiger partial charge in [-0.05, 0) is 30.5 Å². The lowest BCUT2D eigenvalue weighted by Gasteiger charge is -2.37. The van der Waals surface area contributed by atoms with Crippen molar-refractivity contribution in [2.45, 2.75) is 154 Å². The van der Waals surface area contributed by atoms with E-state index in [0.29, 0.717) is 6.61 Å². The van der Waals surface area contributed by atoms with E-state index in [1.165, 1.54) is 129 Å². The van der Waals surface area contributed by atoms with Crippen LogP contribution in [0.2, 0.25) is 0 Å². The maximum Gasteiger partial charge on any atom is 0.407 e. The quantitative estimate of drug-likeness (QED) is 0.0579. The Labute approximate surface area is 311 Å². The molecule has 282 valence electrons. The molecule has 0 heterocycles. The highest BCUT2D eigenvalue weighted by Gasteiger charge is 2.40. The van der Waals surface area contributed by atoms with Gasteiger partial charge in [0.15, 0.2) is 0 Å². The fourth-order valence-electron chi connectivity index (χ4n) is 7.04. The van der Waals surface area contributed by atoms with Gasteiger partial charge in [0, 0.05) is 5.56 Å². The second-order valence-corrected chi connectivity index (χ2v) is 14.3. The molecule has 0 aromatic heterocycles. The van der Waals surface area contributed by atoms with Crippen LogP contribution in [-0.4, -0.2) is 32.5 Å². The Morgan fingerprint density at radius 3 is 1.45 bits per heavy atom. The molecule has 1 atom stereocenters. The normalized spacial score (nSPS) is 12.1. The van der Waals surface area contributed by atoms with Crippen LogP contribution in [0.25, 0.3) is 0 Å². The molecule has 0 fully saturated rings. The van der Waals surface area contributed by atoms with E-state index in [4.69, 9.17) is 14.2 Å². The minimum absolute atomic E-state index is 0.270. The van der Waals surface area contributed by atoms with Crippen molar-refractivity contribution in [2.24, 2.45) is 0 Å². The summed E-state index contributed by atoms with van der Waals surface area (Å²) in [6.07, 6.45) is 27.0. The standard InChI is InChI=1S/C46H69NO4/c1-4-5-6-7-8-9-10-11-12-13-14-15-16-17-18-19-20-21-22-31-38-50-44-37-30-29-36-43(44)46(41-32-25-23-26-33-41,42-34-27-24-28-35-42)51-39-40(2)47-45(48)49-3/h23-30,32-37,40H,4-22,31,38-39H2,1-3H3,(H,47,48)/t40-/m1/s1. The van der Waals surface area contributed by atoms with Gasteiger partial charge in [-0.25, -0.2) is 4.79 Å². The van der Waals surface area contributed by atoms with Crippen molar-refractivity contribution in [1.82, 2.24) is 5.32 Å². The molecule has 0 spiro atoms. The summed E-state index contributed by atoms with van der Waals surface area (Å²) < 4.78 is 18.3. The van der Waals surface area contributed by atoms with E-state index in [9.17, 15) is 4.79 Å². The van der Waals surface area contributed by atoms with Gasteiger partial charge in [-0.3, -0.25) is 0 Å². The first kappa shape index (κ1) is 42.1. The van der Waals surface area contributed by atoms with Crippen molar-refractivity contribution >= 4 is 6.09 Å². The lowest BCUT2D eigenvalue weighted by atomic mass is 9.79. The number of benzene rings is 3. The minimum atomic E-state index is -0.946. The third-order valence-electron chi connectivity index (χ3n) is 9.98. The van der Waals surface area contributed by atoms with Crippen LogP contribution in [0.3, 0.4) is 0 Å². The summed E-state index contributed by atoms with van der Waals surface area (Å²) in [7, 11) is 1.37. The molecule has 0 saturated carbocycles. The lowest BCUT2D eigenvalue weighted by Crippen LogP contribution is -2.41. The largest absolute Gasteiger partial charge is 0.493 e. The maximum absolute atomic E-state index is 12.0. The van der Waals surface area contributed by atoms with Crippen LogP contribution < -0.4 is 10.1 Å². The summed E-state index contributed by atoms with van der Waals surface area (Å²) in [5.74, 6) is 0.816. The predicted octanol–water partition coefficient (Wildman–Crippen LogP) is 12.9. The van der Waals surface area contributed by atoms with Gasteiger partial charge in [-0.15, -0.1) is 0 Å². The predicted molar refractivity (Wildman–Crippen MR) is 214 cm³/mol. The number of amides is 1. The second kappa shape index (κ2) is 26.5. The molecular weight excluding hydrogens is 631 g/mol. The summed E-state index contributed by atoms with van der Waals surface area (Å²) in [6, 6.07) is 28.5. The number of rotatable bonds is 29. The van der Waals surface area contributed by atoms with E-state index in [-0.39, 0.29) is 12.6 Å². The number of methoxy groups -OCH3 is 1. The molecule has 0 radical (unpaired) electrons. The second-order valence-electron chi connectivity index (χ2n) is 14.3. The van der Waals surface area contributed by atoms with Gasteiger partial charge in [-0.2, -0.15) is 0 Å². The number of hydrogen-bond acceptors (Lipinski definition) is 4. The van der Waals surface area contributed by atoms with Gasteiger partial charge in [0.2, 0.25) is 0 Å². The van der Waals surface area contributed by atoms with Gasteiger partial charge in [0.1, 0.15) is 11.4 Å². The van der Waals surface area contributed by atoms with Crippen molar-refractivity contribution in [3.05, 3.63) is 102 Å². The lowest BCUT2D eigenvalue weighted by molar-refractivity contribution is 0.000824. The van der Waals surface area contributed by atoms with Gasteiger partial charge >= 0.3 is 6.09 Å². The maximum atomic E-state index is 12.0. The summed E-state index contributed by atoms with van der Waals surface area (Å²) in [5.41, 5.74) is 1.99. The first-order chi connectivity index (χ1) is 25.1. The molecule has 0 aliphatic rings. The number of unbranched alkanes of at least 4 members (excludes halogenated alkanes) is 19. The van der Waals surface area contributed by atoms with Gasteiger partial charge in [0.25, 0.3) is 0 Å². The Morgan fingerprint density at radius 2 is 1.00 bits per heavy atom. The number of carbonyl (C=O) groups is 1. The molecule has 0 aliphatic carbocycles. The zero-order valence-corrected chi connectivity index (χ0v) is 32.3. The van der Waals surface area contributed by atoms with Crippen molar-refractivity contribution < 1.29 is 19.0 Å². The van der Waals surface area contributed by atoms with E-state index in [1.807, 2.05) is 61.5 Å². The van der Waals surface area contributed by atoms with Crippen molar-refractivity contribution in [3.63, 3.8) is 0 Å². The number of para-hydroxylation sites is 1. The van der Waals surface area contributed by atoms with E-state index >= 15 is 0 Å². The smallest absolute Gasteiger partial charge is 0.407 e. The zero-order chi connectivity index (χ0) is 36.2. The Kier molecular flexibility index (Phi) is 21.8. The molecule has 51 heavy (non-hydrogen) atoms. The third kappa shape index (κ3) is 15.9. The fourth-order valence-corrected chi connectivity index (χ4v) is 7.04. The van der Waals surface area contributed by atoms with Gasteiger partial charge < -0.3 is 19.5 Å². The Hall–Kier alpha value is -3.31. The number of hydrogen-bond donors (Lipinski definition) is 1. The molecule has 3 rings (SSSR count). The SMILES string of the molecule is CCCCCCCCCCCCCCCCCCCCCCOc1ccccc1C(OC[C@@H](C)NC(=O)OC)(c1ccccc1)c1ccccc1. The van der Waals surface area contributed by atoms with Crippen molar-refractivity contribution in [2.75, 3.05) is 20.3 Å². The molecule has 0 unspecified atom stereocenters. The Balaban J connectivity index is 1.42. The van der Waals surface area contributed by atoms with Crippen LogP contribution in [0.4, 0.5) is 4.79 Å². The van der Waals surface area contributed by atoms with Crippen LogP contribution in [0.1, 0.15) is 159 Å². The molecule has 1 amide bonds. The average Bonchev–Trinajstić information content (AvgIpc) is 3.17. The summed E-state index contributed by atoms with van der Waals surface area (Å²) in [6.45, 7) is 5.14. The van der Waals surface area contributed by atoms with E-state index in [1.54, 1.807) is 0 Å². The van der Waals surface area contributed by atoms with Gasteiger partial charge in [0.05, 0.1) is 26.4 Å². The molecule has 0 bridgehead atoms. The summed E-state index contributed by atoms with van der Waals surface area (Å²) >= 11 is 0. The fraction of sp³-hybridized carbons (Fsp3) is 0.587. The van der Waals surface area contributed by atoms with Crippen molar-refractivity contribution in [3.8, 4) is 5.75 Å². The first-order valence-electron chi connectivity index (χ1n) is 20.4. The molecule has 3 aromatic carbocycles.